The van der Waals surface area contributed by atoms with Gasteiger partial charge in [0, 0.05) is 74.2 Å². The molecule has 0 amide bonds. The molecular weight excluding hydrogens is 1000 g/mol. The molecule has 13 aromatic rings. The molecule has 4 heteroatoms. The van der Waals surface area contributed by atoms with Crippen LogP contribution < -0.4 is 19.6 Å². The van der Waals surface area contributed by atoms with E-state index in [0.29, 0.717) is 22.7 Å². The van der Waals surface area contributed by atoms with E-state index in [1.165, 1.54) is 0 Å². The fourth-order valence-electron chi connectivity index (χ4n) is 10.8. The maximum Gasteiger partial charge on any atom is 0.0645 e. The van der Waals surface area contributed by atoms with E-state index in [-0.39, 0.29) is 41.5 Å². The van der Waals surface area contributed by atoms with Crippen molar-refractivity contribution in [2.45, 2.75) is 5.92 Å². The first-order chi connectivity index (χ1) is 45.3. The maximum absolute atomic E-state index is 9.21. The van der Waals surface area contributed by atoms with E-state index < -0.39 is 36.3 Å². The molecule has 0 atom stereocenters. The van der Waals surface area contributed by atoms with E-state index in [9.17, 15) is 5.48 Å². The number of hydrogen-bond acceptors (Lipinski definition) is 4. The molecule has 13 rings (SSSR count). The lowest BCUT2D eigenvalue weighted by Crippen LogP contribution is -2.11. The van der Waals surface area contributed by atoms with Gasteiger partial charge in [-0.3, -0.25) is 0 Å². The first kappa shape index (κ1) is 41.1. The summed E-state index contributed by atoms with van der Waals surface area (Å²) in [6.07, 6.45) is 0. The van der Waals surface area contributed by atoms with Gasteiger partial charge in [0.1, 0.15) is 0 Å². The van der Waals surface area contributed by atoms with Gasteiger partial charge in [-0.15, -0.1) is 0 Å². The minimum atomic E-state index is -0.486. The average Bonchev–Trinajstić information content (AvgIpc) is 0.815. The monoisotopic (exact) mass is 1070 g/mol. The van der Waals surface area contributed by atoms with Gasteiger partial charge in [0.25, 0.3) is 0 Å². The fourth-order valence-corrected chi connectivity index (χ4v) is 10.8. The summed E-state index contributed by atoms with van der Waals surface area (Å²) in [6, 6.07) is 94.5. The second-order valence-corrected chi connectivity index (χ2v) is 19.8. The van der Waals surface area contributed by atoms with Gasteiger partial charge >= 0.3 is 0 Å². The quantitative estimate of drug-likeness (QED) is 0.0843. The Hall–Kier alpha value is -10.9. The van der Waals surface area contributed by atoms with Crippen LogP contribution in [-0.4, -0.2) is 0 Å². The lowest BCUT2D eigenvalue weighted by Gasteiger charge is -2.27. The fraction of sp³-hybridized carbons (Fsp3) is 0.0127. The molecule has 0 aromatic heterocycles. The number of hydrogen-bond donors (Lipinski definition) is 0. The first-order valence-electron chi connectivity index (χ1n) is 32.5. The summed E-state index contributed by atoms with van der Waals surface area (Å²) in [7, 11) is 0. The molecule has 0 unspecified atom stereocenters. The number of anilines is 12. The third-order valence-corrected chi connectivity index (χ3v) is 14.7. The Bertz CT molecular complexity index is 4320. The predicted molar refractivity (Wildman–Crippen MR) is 350 cm³/mol. The van der Waals surface area contributed by atoms with Crippen LogP contribution in [0.25, 0.3) is 22.3 Å². The Morgan fingerprint density at radius 2 is 0.373 bits per heavy atom. The van der Waals surface area contributed by atoms with E-state index in [4.69, 9.17) is 8.22 Å². The van der Waals surface area contributed by atoms with Crippen molar-refractivity contribution in [3.8, 4) is 22.3 Å². The molecule has 13 aromatic carbocycles. The van der Waals surface area contributed by atoms with Crippen molar-refractivity contribution in [3.63, 3.8) is 0 Å². The molecule has 83 heavy (non-hydrogen) atoms. The third kappa shape index (κ3) is 11.3. The van der Waals surface area contributed by atoms with Gasteiger partial charge in [0.05, 0.1) is 13.7 Å². The third-order valence-electron chi connectivity index (χ3n) is 14.7. The summed E-state index contributed by atoms with van der Waals surface area (Å²) in [5.74, 6) is -0.339. The number of benzene rings is 13. The zero-order valence-corrected chi connectivity index (χ0v) is 45.2. The van der Waals surface area contributed by atoms with Crippen LogP contribution in [-0.2, 0) is 0 Å². The van der Waals surface area contributed by atoms with Crippen LogP contribution >= 0.6 is 0 Å². The molecule has 0 bridgehead atoms. The van der Waals surface area contributed by atoms with Crippen molar-refractivity contribution in [2.75, 3.05) is 19.6 Å². The second-order valence-electron chi connectivity index (χ2n) is 19.8. The highest BCUT2D eigenvalue weighted by molar-refractivity contribution is 5.83. The van der Waals surface area contributed by atoms with Gasteiger partial charge in [-0.05, 0) is 184 Å². The summed E-state index contributed by atoms with van der Waals surface area (Å²) in [4.78, 5) is 7.83. The topological polar surface area (TPSA) is 13.0 Å². The molecule has 0 aliphatic rings. The van der Waals surface area contributed by atoms with Crippen molar-refractivity contribution in [1.82, 2.24) is 0 Å². The molecule has 0 radical (unpaired) electrons. The summed E-state index contributed by atoms with van der Waals surface area (Å²) in [6.45, 7) is 0. The molecule has 4 nitrogen and oxygen atoms in total. The highest BCUT2D eigenvalue weighted by Gasteiger charge is 2.21. The molecule has 0 saturated heterocycles. The van der Waals surface area contributed by atoms with Gasteiger partial charge < -0.3 is 19.6 Å². The lowest BCUT2D eigenvalue weighted by atomic mass is 9.85. The van der Waals surface area contributed by atoms with Gasteiger partial charge in [0.15, 0.2) is 0 Å². The van der Waals surface area contributed by atoms with Crippen LogP contribution in [0.15, 0.2) is 358 Å². The summed E-state index contributed by atoms with van der Waals surface area (Å²) in [5, 5.41) is 0. The maximum atomic E-state index is 9.21. The summed E-state index contributed by atoms with van der Waals surface area (Å²) in [5.41, 5.74) is 14.9. The Kier molecular flexibility index (Phi) is 12.0. The van der Waals surface area contributed by atoms with Crippen LogP contribution in [0, 0.1) is 0 Å². The molecule has 0 aliphatic carbocycles. The Morgan fingerprint density at radius 3 is 0.627 bits per heavy atom. The zero-order valence-electron chi connectivity index (χ0n) is 55.2. The van der Waals surface area contributed by atoms with Crippen molar-refractivity contribution in [3.05, 3.63) is 374 Å². The van der Waals surface area contributed by atoms with Crippen LogP contribution in [0.1, 0.15) is 36.3 Å². The second kappa shape index (κ2) is 24.2. The Morgan fingerprint density at radius 1 is 0.181 bits per heavy atom. The van der Waals surface area contributed by atoms with Crippen molar-refractivity contribution in [1.29, 1.82) is 0 Å². The predicted octanol–water partition coefficient (Wildman–Crippen LogP) is 22.1. The highest BCUT2D eigenvalue weighted by Crippen LogP contribution is 2.43. The van der Waals surface area contributed by atoms with Crippen molar-refractivity contribution in [2.24, 2.45) is 0 Å². The van der Waals surface area contributed by atoms with Crippen molar-refractivity contribution < 1.29 is 13.7 Å². The van der Waals surface area contributed by atoms with Crippen LogP contribution in [0.4, 0.5) is 68.2 Å². The molecule has 0 saturated carbocycles. The van der Waals surface area contributed by atoms with Gasteiger partial charge in [-0.25, -0.2) is 0 Å². The summed E-state index contributed by atoms with van der Waals surface area (Å²) < 4.78 is 88.8. The molecule has 0 fully saturated rings. The SMILES string of the molecule is [2H]c1c([2H])c([2H])c(N(c2ccc(-c3ccc(N(c4ccccc4)c4ccccc4)cc3)cc2)c2ccc(C(c3ccccc3)c3ccc(N(c4ccc(-c5ccc(N(c6ccccc6)c6ccccc6)cc5)cc4)c4c([2H])c([2H])c([2H])c([2H])c4[2H])cc3)cc2)c([2H])c1[2H]. The Balaban J connectivity index is 0.833. The summed E-state index contributed by atoms with van der Waals surface area (Å²) >= 11 is 0. The molecular formula is C79H60N4. The number of nitrogens with zero attached hydrogens (tertiary/aromatic N) is 4. The highest BCUT2D eigenvalue weighted by atomic mass is 15.2. The average molecular weight is 1080 g/mol. The zero-order chi connectivity index (χ0) is 64.3. The molecule has 396 valence electrons. The molecule has 0 aliphatic heterocycles. The first-order valence-corrected chi connectivity index (χ1v) is 27.5. The van der Waals surface area contributed by atoms with E-state index in [0.717, 1.165) is 73.1 Å². The molecule has 0 N–H and O–H groups in total. The normalized spacial score (nSPS) is 12.7. The largest absolute Gasteiger partial charge is 0.311 e. The van der Waals surface area contributed by atoms with Crippen LogP contribution in [0.3, 0.4) is 0 Å². The van der Waals surface area contributed by atoms with Gasteiger partial charge in [-0.2, -0.15) is 0 Å². The number of rotatable bonds is 17. The minimum absolute atomic E-state index is 0.00468. The standard InChI is InChI=1S/C79H60N4/c1-8-22-64(23-9-1)79(65-44-56-77(57-45-65)82(71-32-18-6-19-33-71)75-52-40-62(41-53-75)60-36-48-73(49-37-60)80(67-24-10-2-11-25-67)68-26-12-3-13-27-68)66-46-58-78(59-47-66)83(72-34-20-7-21-35-72)76-54-42-63(43-55-76)61-38-50-74(51-39-61)81(69-28-14-4-15-29-69)70-30-16-5-17-31-70/h1-59,79H/i6D,7D,18D,19D,20D,21D,32D,33D,34D,35D. The van der Waals surface area contributed by atoms with Crippen LogP contribution in [0.5, 0.6) is 0 Å². The Labute approximate surface area is 502 Å². The lowest BCUT2D eigenvalue weighted by molar-refractivity contribution is 0.976. The number of para-hydroxylation sites is 6. The smallest absolute Gasteiger partial charge is 0.0645 e. The van der Waals surface area contributed by atoms with Crippen molar-refractivity contribution >= 4 is 68.2 Å². The van der Waals surface area contributed by atoms with E-state index in [1.807, 2.05) is 188 Å². The van der Waals surface area contributed by atoms with Gasteiger partial charge in [0.2, 0.25) is 0 Å². The van der Waals surface area contributed by atoms with Crippen LogP contribution in [0.2, 0.25) is 0 Å². The van der Waals surface area contributed by atoms with E-state index >= 15 is 0 Å². The van der Waals surface area contributed by atoms with E-state index in [2.05, 4.69) is 119 Å². The van der Waals surface area contributed by atoms with E-state index in [1.54, 1.807) is 9.80 Å². The molecule has 0 spiro atoms. The molecule has 0 heterocycles. The minimum Gasteiger partial charge on any atom is -0.311 e. The van der Waals surface area contributed by atoms with Gasteiger partial charge in [-0.1, -0.05) is 212 Å².